The molecule has 2 aliphatic rings. The summed E-state index contributed by atoms with van der Waals surface area (Å²) in [6.07, 6.45) is 1.22. The number of carbonyl (C=O) groups is 1. The summed E-state index contributed by atoms with van der Waals surface area (Å²) >= 11 is 0. The van der Waals surface area contributed by atoms with Crippen LogP contribution in [0.1, 0.15) is 55.7 Å². The van der Waals surface area contributed by atoms with E-state index >= 15 is 0 Å². The van der Waals surface area contributed by atoms with Crippen LogP contribution >= 0.6 is 0 Å². The van der Waals surface area contributed by atoms with Crippen molar-refractivity contribution in [2.75, 3.05) is 20.1 Å². The number of likely N-dealkylation sites (N-methyl/N-ethyl adjacent to an activating group) is 1. The molecule has 0 aromatic heterocycles. The molecule has 1 saturated carbocycles. The summed E-state index contributed by atoms with van der Waals surface area (Å²) in [7, 11) is 1.55. The lowest BCUT2D eigenvalue weighted by atomic mass is 9.87. The van der Waals surface area contributed by atoms with Crippen LogP contribution in [0.4, 0.5) is 13.2 Å². The molecule has 29 heavy (non-hydrogen) atoms. The lowest BCUT2D eigenvalue weighted by Crippen LogP contribution is -2.54. The van der Waals surface area contributed by atoms with Crippen LogP contribution in [0.5, 0.6) is 0 Å². The molecule has 1 aromatic rings. The van der Waals surface area contributed by atoms with Crippen molar-refractivity contribution in [1.82, 2.24) is 9.80 Å². The van der Waals surface area contributed by atoms with E-state index in [0.29, 0.717) is 6.07 Å². The van der Waals surface area contributed by atoms with E-state index in [4.69, 9.17) is 0 Å². The molecule has 0 N–H and O–H groups in total. The zero-order valence-electron chi connectivity index (χ0n) is 16.4. The molecule has 1 aromatic carbocycles. The number of benzene rings is 1. The minimum absolute atomic E-state index is 0.147. The number of nitro groups is 1. The van der Waals surface area contributed by atoms with Gasteiger partial charge in [0.25, 0.3) is 0 Å². The van der Waals surface area contributed by atoms with Crippen molar-refractivity contribution in [2.24, 2.45) is 0 Å². The van der Waals surface area contributed by atoms with Gasteiger partial charge in [-0.05, 0) is 50.9 Å². The Kier molecular flexibility index (Phi) is 6.45. The average Bonchev–Trinajstić information content (AvgIpc) is 3.21. The molecule has 0 radical (unpaired) electrons. The van der Waals surface area contributed by atoms with Gasteiger partial charge in [0.1, 0.15) is 0 Å². The molecule has 9 heteroatoms. The Hall–Kier alpha value is -2.16. The van der Waals surface area contributed by atoms with Crippen LogP contribution in [0.2, 0.25) is 0 Å². The number of rotatable bonds is 5. The predicted molar refractivity (Wildman–Crippen MR) is 101 cm³/mol. The summed E-state index contributed by atoms with van der Waals surface area (Å²) in [4.78, 5) is 27.8. The van der Waals surface area contributed by atoms with Gasteiger partial charge in [-0.25, -0.2) is 0 Å². The van der Waals surface area contributed by atoms with E-state index in [9.17, 15) is 28.1 Å². The van der Waals surface area contributed by atoms with Gasteiger partial charge in [0, 0.05) is 29.6 Å². The SMILES string of the molecule is CN(C(=O)C(c1cccc(C(F)(F)F)c1)[N+](=O)[O-])[C@@H]1CCCC[C@H]1N1CCCC1. The van der Waals surface area contributed by atoms with Crippen LogP contribution in [0.15, 0.2) is 24.3 Å². The van der Waals surface area contributed by atoms with Crippen molar-refractivity contribution < 1.29 is 22.9 Å². The van der Waals surface area contributed by atoms with E-state index in [0.717, 1.165) is 63.7 Å². The Morgan fingerprint density at radius 1 is 1.21 bits per heavy atom. The highest BCUT2D eigenvalue weighted by atomic mass is 19.4. The highest BCUT2D eigenvalue weighted by Gasteiger charge is 2.42. The van der Waals surface area contributed by atoms with Crippen molar-refractivity contribution in [3.05, 3.63) is 45.5 Å². The number of carbonyl (C=O) groups excluding carboxylic acids is 1. The van der Waals surface area contributed by atoms with Crippen LogP contribution in [0.3, 0.4) is 0 Å². The quantitative estimate of drug-likeness (QED) is 0.543. The van der Waals surface area contributed by atoms with E-state index < -0.39 is 28.6 Å². The minimum atomic E-state index is -4.63. The summed E-state index contributed by atoms with van der Waals surface area (Å²) in [6.45, 7) is 1.91. The normalized spacial score (nSPS) is 24.3. The van der Waals surface area contributed by atoms with E-state index in [1.807, 2.05) is 0 Å². The highest BCUT2D eigenvalue weighted by Crippen LogP contribution is 2.33. The van der Waals surface area contributed by atoms with Crippen molar-refractivity contribution in [3.63, 3.8) is 0 Å². The van der Waals surface area contributed by atoms with Crippen molar-refractivity contribution in [3.8, 4) is 0 Å². The first-order valence-corrected chi connectivity index (χ1v) is 10.0. The number of likely N-dealkylation sites (tertiary alicyclic amines) is 1. The molecule has 160 valence electrons. The maximum atomic E-state index is 13.1. The molecule has 6 nitrogen and oxygen atoms in total. The molecule has 1 unspecified atom stereocenters. The molecule has 2 fully saturated rings. The number of alkyl halides is 3. The largest absolute Gasteiger partial charge is 0.416 e. The van der Waals surface area contributed by atoms with Gasteiger partial charge in [0.05, 0.1) is 5.56 Å². The lowest BCUT2D eigenvalue weighted by molar-refractivity contribution is -0.515. The van der Waals surface area contributed by atoms with E-state index in [1.165, 1.54) is 11.0 Å². The second kappa shape index (κ2) is 8.69. The summed E-state index contributed by atoms with van der Waals surface area (Å²) in [5, 5.41) is 11.7. The number of nitrogens with zero attached hydrogens (tertiary/aromatic N) is 3. The van der Waals surface area contributed by atoms with Gasteiger partial charge in [-0.3, -0.25) is 19.8 Å². The third-order valence-electron chi connectivity index (χ3n) is 6.12. The third kappa shape index (κ3) is 4.71. The lowest BCUT2D eigenvalue weighted by Gasteiger charge is -2.42. The van der Waals surface area contributed by atoms with Crippen LogP contribution in [0.25, 0.3) is 0 Å². The Morgan fingerprint density at radius 2 is 1.86 bits per heavy atom. The fraction of sp³-hybridized carbons (Fsp3) is 0.650. The number of hydrogen-bond donors (Lipinski definition) is 0. The van der Waals surface area contributed by atoms with E-state index in [1.54, 1.807) is 7.05 Å². The Bertz CT molecular complexity index is 750. The standard InChI is InChI=1S/C20H26F3N3O3/c1-24(16-9-2-3-10-17(16)25-11-4-5-12-25)19(27)18(26(28)29)14-7-6-8-15(13-14)20(21,22)23/h6-8,13,16-18H,2-5,9-12H2,1H3/t16-,17-,18?/m1/s1. The molecule has 1 aliphatic heterocycles. The molecule has 0 bridgehead atoms. The summed E-state index contributed by atoms with van der Waals surface area (Å²) in [6, 6.07) is 2.01. The van der Waals surface area contributed by atoms with Crippen LogP contribution in [0, 0.1) is 10.1 Å². The smallest absolute Gasteiger partial charge is 0.335 e. The Labute approximate surface area is 167 Å². The van der Waals surface area contributed by atoms with Crippen LogP contribution in [-0.2, 0) is 11.0 Å². The zero-order chi connectivity index (χ0) is 21.2. The maximum Gasteiger partial charge on any atom is 0.416 e. The monoisotopic (exact) mass is 413 g/mol. The van der Waals surface area contributed by atoms with Gasteiger partial charge in [-0.1, -0.05) is 25.0 Å². The molecule has 1 amide bonds. The third-order valence-corrected chi connectivity index (χ3v) is 6.12. The number of hydrogen-bond acceptors (Lipinski definition) is 4. The van der Waals surface area contributed by atoms with E-state index in [-0.39, 0.29) is 17.6 Å². The highest BCUT2D eigenvalue weighted by molar-refractivity contribution is 5.82. The summed E-state index contributed by atoms with van der Waals surface area (Å²) in [5.74, 6) is -0.759. The van der Waals surface area contributed by atoms with E-state index in [2.05, 4.69) is 4.90 Å². The fourth-order valence-corrected chi connectivity index (χ4v) is 4.64. The van der Waals surface area contributed by atoms with Crippen molar-refractivity contribution >= 4 is 5.91 Å². The first kappa shape index (κ1) is 21.5. The Balaban J connectivity index is 1.85. The summed E-state index contributed by atoms with van der Waals surface area (Å²) < 4.78 is 39.1. The van der Waals surface area contributed by atoms with Gasteiger partial charge in [0.2, 0.25) is 0 Å². The van der Waals surface area contributed by atoms with Gasteiger partial charge < -0.3 is 4.90 Å². The first-order valence-electron chi connectivity index (χ1n) is 10.0. The van der Waals surface area contributed by atoms with Crippen LogP contribution in [-0.4, -0.2) is 52.9 Å². The molecule has 1 heterocycles. The molecule has 3 atom stereocenters. The maximum absolute atomic E-state index is 13.1. The second-order valence-electron chi connectivity index (χ2n) is 7.92. The number of halogens is 3. The van der Waals surface area contributed by atoms with Gasteiger partial charge in [0.15, 0.2) is 0 Å². The van der Waals surface area contributed by atoms with Crippen molar-refractivity contribution in [1.29, 1.82) is 0 Å². The zero-order valence-corrected chi connectivity index (χ0v) is 16.4. The molecule has 1 aliphatic carbocycles. The second-order valence-corrected chi connectivity index (χ2v) is 7.92. The van der Waals surface area contributed by atoms with Crippen LogP contribution < -0.4 is 0 Å². The first-order chi connectivity index (χ1) is 13.7. The summed E-state index contributed by atoms with van der Waals surface area (Å²) in [5.41, 5.74) is -1.24. The predicted octanol–water partition coefficient (Wildman–Crippen LogP) is 3.89. The van der Waals surface area contributed by atoms with Gasteiger partial charge in [-0.15, -0.1) is 0 Å². The molecule has 1 saturated heterocycles. The number of amides is 1. The van der Waals surface area contributed by atoms with Gasteiger partial charge in [-0.2, -0.15) is 13.2 Å². The molecular weight excluding hydrogens is 387 g/mol. The topological polar surface area (TPSA) is 66.7 Å². The minimum Gasteiger partial charge on any atom is -0.335 e. The average molecular weight is 413 g/mol. The van der Waals surface area contributed by atoms with Gasteiger partial charge >= 0.3 is 18.1 Å². The molecular formula is C20H26F3N3O3. The molecule has 0 spiro atoms. The Morgan fingerprint density at radius 3 is 2.48 bits per heavy atom. The van der Waals surface area contributed by atoms with Crippen molar-refractivity contribution in [2.45, 2.75) is 62.8 Å². The molecule has 3 rings (SSSR count). The fourth-order valence-electron chi connectivity index (χ4n) is 4.64.